The molecule has 2 rings (SSSR count). The van der Waals surface area contributed by atoms with Crippen molar-refractivity contribution in [2.24, 2.45) is 5.10 Å². The lowest BCUT2D eigenvalue weighted by atomic mass is 10.1. The smallest absolute Gasteiger partial charge is 0.355 e. The fourth-order valence-corrected chi connectivity index (χ4v) is 1.96. The molecule has 0 saturated heterocycles. The number of carbonyl (C=O) groups is 3. The lowest BCUT2D eigenvalue weighted by molar-refractivity contribution is -0.145. The highest BCUT2D eigenvalue weighted by atomic mass is 19.2. The Hall–Kier alpha value is -2.98. The van der Waals surface area contributed by atoms with Crippen LogP contribution in [0.1, 0.15) is 12.8 Å². The summed E-state index contributed by atoms with van der Waals surface area (Å²) in [4.78, 5) is 36.3. The van der Waals surface area contributed by atoms with Gasteiger partial charge in [-0.3, -0.25) is 9.59 Å². The molecule has 0 radical (unpaired) electrons. The van der Waals surface area contributed by atoms with Gasteiger partial charge in [0.2, 0.25) is 5.91 Å². The SMILES string of the molecule is CN(C)C(=O)COC(=O)C1=NN(c2c(F)c(F)cc(F)c2F)C(=O)CC1. The van der Waals surface area contributed by atoms with E-state index in [9.17, 15) is 31.9 Å². The predicted octanol–water partition coefficient (Wildman–Crippen LogP) is 1.36. The zero-order valence-corrected chi connectivity index (χ0v) is 13.7. The van der Waals surface area contributed by atoms with Gasteiger partial charge in [-0.15, -0.1) is 0 Å². The first-order valence-electron chi connectivity index (χ1n) is 7.24. The molecule has 140 valence electrons. The molecule has 7 nitrogen and oxygen atoms in total. The molecule has 0 aliphatic carbocycles. The van der Waals surface area contributed by atoms with Crippen LogP contribution in [0.4, 0.5) is 23.2 Å². The molecule has 26 heavy (non-hydrogen) atoms. The van der Waals surface area contributed by atoms with Crippen molar-refractivity contribution in [2.45, 2.75) is 12.8 Å². The van der Waals surface area contributed by atoms with E-state index in [1.807, 2.05) is 0 Å². The maximum Gasteiger partial charge on any atom is 0.355 e. The molecule has 1 aliphatic rings. The topological polar surface area (TPSA) is 79.3 Å². The summed E-state index contributed by atoms with van der Waals surface area (Å²) in [6.45, 7) is -0.615. The minimum atomic E-state index is -1.83. The van der Waals surface area contributed by atoms with Gasteiger partial charge in [-0.05, 0) is 0 Å². The van der Waals surface area contributed by atoms with E-state index in [1.165, 1.54) is 14.1 Å². The number of hydrogen-bond acceptors (Lipinski definition) is 5. The van der Waals surface area contributed by atoms with Crippen LogP contribution >= 0.6 is 0 Å². The van der Waals surface area contributed by atoms with E-state index >= 15 is 0 Å². The van der Waals surface area contributed by atoms with Crippen molar-refractivity contribution in [3.8, 4) is 0 Å². The lowest BCUT2D eigenvalue weighted by Crippen LogP contribution is -2.37. The number of hydrogen-bond donors (Lipinski definition) is 0. The Morgan fingerprint density at radius 1 is 1.15 bits per heavy atom. The molecule has 0 spiro atoms. The average molecular weight is 375 g/mol. The largest absolute Gasteiger partial charge is 0.451 e. The lowest BCUT2D eigenvalue weighted by Gasteiger charge is -2.23. The van der Waals surface area contributed by atoms with Crippen molar-refractivity contribution >= 4 is 29.2 Å². The second-order valence-electron chi connectivity index (χ2n) is 5.43. The third kappa shape index (κ3) is 3.81. The van der Waals surface area contributed by atoms with E-state index in [4.69, 9.17) is 4.74 Å². The first-order valence-corrected chi connectivity index (χ1v) is 7.24. The Bertz CT molecular complexity index is 784. The minimum absolute atomic E-state index is 0.0195. The van der Waals surface area contributed by atoms with E-state index in [1.54, 1.807) is 0 Å². The summed E-state index contributed by atoms with van der Waals surface area (Å²) >= 11 is 0. The molecule has 0 bridgehead atoms. The molecule has 11 heteroatoms. The summed E-state index contributed by atoms with van der Waals surface area (Å²) < 4.78 is 59.1. The van der Waals surface area contributed by atoms with Gasteiger partial charge in [-0.1, -0.05) is 0 Å². The van der Waals surface area contributed by atoms with E-state index in [2.05, 4.69) is 5.10 Å². The molecule has 1 aromatic carbocycles. The summed E-state index contributed by atoms with van der Waals surface area (Å²) in [6.07, 6.45) is -0.641. The van der Waals surface area contributed by atoms with E-state index < -0.39 is 65.5 Å². The number of ether oxygens (including phenoxy) is 1. The first-order chi connectivity index (χ1) is 12.1. The van der Waals surface area contributed by atoms with E-state index in [0.29, 0.717) is 0 Å². The van der Waals surface area contributed by atoms with Gasteiger partial charge in [0.15, 0.2) is 29.9 Å². The third-order valence-electron chi connectivity index (χ3n) is 3.39. The molecule has 0 fully saturated rings. The molecule has 1 aromatic rings. The highest BCUT2D eigenvalue weighted by molar-refractivity contribution is 6.38. The molecular formula is C15H13F4N3O4. The zero-order chi connectivity index (χ0) is 19.6. The number of benzene rings is 1. The maximum atomic E-state index is 13.9. The number of amides is 2. The van der Waals surface area contributed by atoms with Crippen LogP contribution in [-0.2, 0) is 19.1 Å². The summed E-state index contributed by atoms with van der Waals surface area (Å²) in [6, 6.07) is -0.0195. The fraction of sp³-hybridized carbons (Fsp3) is 0.333. The second kappa shape index (κ2) is 7.50. The standard InChI is InChI=1S/C15H13F4N3O4/c1-21(2)11(24)6-26-15(25)9-3-4-10(23)22(20-9)14-12(18)7(16)5-8(17)13(14)19/h5H,3-4,6H2,1-2H3. The number of carbonyl (C=O) groups excluding carboxylic acids is 3. The quantitative estimate of drug-likeness (QED) is 0.452. The summed E-state index contributed by atoms with van der Waals surface area (Å²) in [5.41, 5.74) is -1.80. The van der Waals surface area contributed by atoms with Crippen LogP contribution in [0, 0.1) is 23.3 Å². The molecular weight excluding hydrogens is 362 g/mol. The fourth-order valence-electron chi connectivity index (χ4n) is 1.96. The molecule has 0 saturated carbocycles. The summed E-state index contributed by atoms with van der Waals surface area (Å²) in [5, 5.41) is 3.52. The highest BCUT2D eigenvalue weighted by Gasteiger charge is 2.33. The van der Waals surface area contributed by atoms with Gasteiger partial charge < -0.3 is 9.64 Å². The van der Waals surface area contributed by atoms with Gasteiger partial charge in [-0.25, -0.2) is 22.4 Å². The van der Waals surface area contributed by atoms with Crippen molar-refractivity contribution in [3.63, 3.8) is 0 Å². The maximum absolute atomic E-state index is 13.9. The Labute approximate surface area is 144 Å². The van der Waals surface area contributed by atoms with Gasteiger partial charge in [-0.2, -0.15) is 10.1 Å². The van der Waals surface area contributed by atoms with Crippen molar-refractivity contribution in [3.05, 3.63) is 29.3 Å². The Kier molecular flexibility index (Phi) is 5.58. The molecule has 1 heterocycles. The average Bonchev–Trinajstić information content (AvgIpc) is 2.59. The van der Waals surface area contributed by atoms with Gasteiger partial charge in [0.1, 0.15) is 11.4 Å². The Balaban J connectivity index is 2.33. The van der Waals surface area contributed by atoms with Crippen LogP contribution in [0.25, 0.3) is 0 Å². The van der Waals surface area contributed by atoms with Gasteiger partial charge in [0.05, 0.1) is 0 Å². The number of halogens is 4. The Morgan fingerprint density at radius 3 is 2.27 bits per heavy atom. The molecule has 2 amide bonds. The highest BCUT2D eigenvalue weighted by Crippen LogP contribution is 2.30. The molecule has 0 unspecified atom stereocenters. The van der Waals surface area contributed by atoms with Crippen LogP contribution in [0.2, 0.25) is 0 Å². The number of rotatable bonds is 4. The third-order valence-corrected chi connectivity index (χ3v) is 3.39. The first kappa shape index (κ1) is 19.3. The van der Waals surface area contributed by atoms with Crippen molar-refractivity contribution in [1.82, 2.24) is 4.90 Å². The van der Waals surface area contributed by atoms with Crippen LogP contribution in [-0.4, -0.2) is 49.1 Å². The van der Waals surface area contributed by atoms with Crippen molar-refractivity contribution in [1.29, 1.82) is 0 Å². The number of anilines is 1. The molecule has 0 N–H and O–H groups in total. The van der Waals surface area contributed by atoms with Crippen molar-refractivity contribution < 1.29 is 36.7 Å². The second-order valence-corrected chi connectivity index (χ2v) is 5.43. The Morgan fingerprint density at radius 2 is 1.73 bits per heavy atom. The number of nitrogens with zero attached hydrogens (tertiary/aromatic N) is 3. The van der Waals surface area contributed by atoms with Gasteiger partial charge in [0, 0.05) is 33.0 Å². The van der Waals surface area contributed by atoms with E-state index in [-0.39, 0.29) is 17.5 Å². The number of likely N-dealkylation sites (N-methyl/N-ethyl adjacent to an activating group) is 1. The summed E-state index contributed by atoms with van der Waals surface area (Å²) in [5.74, 6) is -9.74. The molecule has 0 aromatic heterocycles. The number of esters is 1. The normalized spacial score (nSPS) is 14.2. The number of hydrazone groups is 1. The minimum Gasteiger partial charge on any atom is -0.451 e. The van der Waals surface area contributed by atoms with Crippen LogP contribution in [0.5, 0.6) is 0 Å². The van der Waals surface area contributed by atoms with E-state index in [0.717, 1.165) is 4.90 Å². The molecule has 0 atom stereocenters. The van der Waals surface area contributed by atoms with Gasteiger partial charge >= 0.3 is 5.97 Å². The van der Waals surface area contributed by atoms with Crippen LogP contribution in [0.15, 0.2) is 11.2 Å². The van der Waals surface area contributed by atoms with Crippen LogP contribution < -0.4 is 5.01 Å². The summed E-state index contributed by atoms with van der Waals surface area (Å²) in [7, 11) is 2.86. The molecule has 1 aliphatic heterocycles. The monoisotopic (exact) mass is 375 g/mol. The van der Waals surface area contributed by atoms with Crippen molar-refractivity contribution in [2.75, 3.05) is 25.7 Å². The predicted molar refractivity (Wildman–Crippen MR) is 80.1 cm³/mol. The zero-order valence-electron chi connectivity index (χ0n) is 13.7. The van der Waals surface area contributed by atoms with Crippen LogP contribution in [0.3, 0.4) is 0 Å². The van der Waals surface area contributed by atoms with Gasteiger partial charge in [0.25, 0.3) is 5.91 Å².